The van der Waals surface area contributed by atoms with Crippen molar-refractivity contribution in [2.45, 2.75) is 13.3 Å². The highest BCUT2D eigenvalue weighted by Gasteiger charge is 2.26. The first-order valence-electron chi connectivity index (χ1n) is 9.17. The van der Waals surface area contributed by atoms with Gasteiger partial charge in [-0.3, -0.25) is 10.1 Å². The summed E-state index contributed by atoms with van der Waals surface area (Å²) in [6, 6.07) is 20.8. The standard InChI is InChI=1S/C22H18N4O3/c1-2-15-8-4-6-12-18(15)25-21-20(26(27)28)22(24-14-23-21)29-19-13-7-10-16-9-3-5-11-17(16)19/h3-14H,2H2,1H3,(H,23,24,25). The molecule has 0 atom stereocenters. The molecule has 0 aliphatic heterocycles. The van der Waals surface area contributed by atoms with Crippen LogP contribution >= 0.6 is 0 Å². The molecule has 7 heteroatoms. The molecule has 3 aromatic carbocycles. The normalized spacial score (nSPS) is 10.7. The topological polar surface area (TPSA) is 90.2 Å². The van der Waals surface area contributed by atoms with Gasteiger partial charge in [-0.15, -0.1) is 0 Å². The lowest BCUT2D eigenvalue weighted by molar-refractivity contribution is -0.385. The van der Waals surface area contributed by atoms with Crippen LogP contribution in [0.15, 0.2) is 73.1 Å². The van der Waals surface area contributed by atoms with Crippen LogP contribution in [0, 0.1) is 10.1 Å². The van der Waals surface area contributed by atoms with Gasteiger partial charge in [0.2, 0.25) is 5.82 Å². The van der Waals surface area contributed by atoms with E-state index in [0.29, 0.717) is 5.75 Å². The second kappa shape index (κ2) is 7.93. The predicted octanol–water partition coefficient (Wildman–Crippen LogP) is 5.64. The zero-order valence-corrected chi connectivity index (χ0v) is 15.7. The maximum absolute atomic E-state index is 11.8. The summed E-state index contributed by atoms with van der Waals surface area (Å²) in [5, 5.41) is 16.7. The van der Waals surface area contributed by atoms with Gasteiger partial charge in [0.05, 0.1) is 4.92 Å². The van der Waals surface area contributed by atoms with E-state index in [0.717, 1.165) is 28.4 Å². The smallest absolute Gasteiger partial charge is 0.373 e. The molecule has 29 heavy (non-hydrogen) atoms. The van der Waals surface area contributed by atoms with Gasteiger partial charge in [0.15, 0.2) is 0 Å². The Balaban J connectivity index is 1.77. The number of hydrogen-bond donors (Lipinski definition) is 1. The number of fused-ring (bicyclic) bond motifs is 1. The Morgan fingerprint density at radius 3 is 2.59 bits per heavy atom. The van der Waals surface area contributed by atoms with E-state index < -0.39 is 4.92 Å². The second-order valence-corrected chi connectivity index (χ2v) is 6.35. The van der Waals surface area contributed by atoms with Crippen LogP contribution in [0.3, 0.4) is 0 Å². The Hall–Kier alpha value is -4.00. The van der Waals surface area contributed by atoms with Gasteiger partial charge >= 0.3 is 11.6 Å². The Morgan fingerprint density at radius 2 is 1.76 bits per heavy atom. The summed E-state index contributed by atoms with van der Waals surface area (Å²) in [5.41, 5.74) is 1.47. The number of para-hydroxylation sites is 1. The fourth-order valence-electron chi connectivity index (χ4n) is 3.16. The SMILES string of the molecule is CCc1ccccc1Nc1ncnc(Oc2cccc3ccccc23)c1[N+](=O)[O-]. The van der Waals surface area contributed by atoms with Gasteiger partial charge < -0.3 is 10.1 Å². The van der Waals surface area contributed by atoms with Crippen molar-refractivity contribution in [2.24, 2.45) is 0 Å². The van der Waals surface area contributed by atoms with Gasteiger partial charge in [0.25, 0.3) is 0 Å². The highest BCUT2D eigenvalue weighted by molar-refractivity contribution is 5.88. The number of aromatic nitrogens is 2. The van der Waals surface area contributed by atoms with Crippen molar-refractivity contribution < 1.29 is 9.66 Å². The minimum absolute atomic E-state index is 0.0844. The molecule has 0 bridgehead atoms. The van der Waals surface area contributed by atoms with Crippen LogP contribution in [0.25, 0.3) is 10.8 Å². The highest BCUT2D eigenvalue weighted by atomic mass is 16.6. The van der Waals surface area contributed by atoms with Gasteiger partial charge in [-0.25, -0.2) is 4.98 Å². The minimum atomic E-state index is -0.530. The number of anilines is 2. The lowest BCUT2D eigenvalue weighted by Gasteiger charge is -2.12. The number of nitro groups is 1. The van der Waals surface area contributed by atoms with Crippen LogP contribution in [-0.4, -0.2) is 14.9 Å². The third-order valence-electron chi connectivity index (χ3n) is 4.58. The molecule has 0 saturated heterocycles. The highest BCUT2D eigenvalue weighted by Crippen LogP contribution is 2.38. The second-order valence-electron chi connectivity index (χ2n) is 6.35. The Labute approximate surface area is 167 Å². The van der Waals surface area contributed by atoms with Crippen molar-refractivity contribution in [1.29, 1.82) is 0 Å². The van der Waals surface area contributed by atoms with E-state index in [2.05, 4.69) is 15.3 Å². The third-order valence-corrected chi connectivity index (χ3v) is 4.58. The van der Waals surface area contributed by atoms with Crippen LogP contribution in [-0.2, 0) is 6.42 Å². The largest absolute Gasteiger partial charge is 0.433 e. The van der Waals surface area contributed by atoms with E-state index in [9.17, 15) is 10.1 Å². The Morgan fingerprint density at radius 1 is 1.00 bits per heavy atom. The first kappa shape index (κ1) is 18.4. The number of ether oxygens (including phenoxy) is 1. The monoisotopic (exact) mass is 386 g/mol. The molecule has 4 rings (SSSR count). The molecule has 0 aliphatic rings. The van der Waals surface area contributed by atoms with E-state index in [4.69, 9.17) is 4.74 Å². The van der Waals surface area contributed by atoms with Crippen molar-refractivity contribution in [1.82, 2.24) is 9.97 Å². The fourth-order valence-corrected chi connectivity index (χ4v) is 3.16. The Kier molecular flexibility index (Phi) is 5.03. The molecule has 7 nitrogen and oxygen atoms in total. The summed E-state index contributed by atoms with van der Waals surface area (Å²) in [6.45, 7) is 2.02. The van der Waals surface area contributed by atoms with Crippen molar-refractivity contribution in [3.05, 3.63) is 88.7 Å². The molecule has 0 unspecified atom stereocenters. The molecule has 0 spiro atoms. The molecule has 0 aliphatic carbocycles. The number of hydrogen-bond acceptors (Lipinski definition) is 6. The van der Waals surface area contributed by atoms with E-state index in [1.165, 1.54) is 6.33 Å². The zero-order chi connectivity index (χ0) is 20.2. The van der Waals surface area contributed by atoms with Crippen LogP contribution < -0.4 is 10.1 Å². The maximum Gasteiger partial charge on any atom is 0.373 e. The van der Waals surface area contributed by atoms with Crippen LogP contribution in [0.2, 0.25) is 0 Å². The zero-order valence-electron chi connectivity index (χ0n) is 15.7. The van der Waals surface area contributed by atoms with Crippen molar-refractivity contribution in [3.8, 4) is 11.6 Å². The molecule has 1 aromatic heterocycles. The number of nitrogens with zero attached hydrogens (tertiary/aromatic N) is 3. The summed E-state index contributed by atoms with van der Waals surface area (Å²) in [6.07, 6.45) is 2.03. The average molecular weight is 386 g/mol. The lowest BCUT2D eigenvalue weighted by Crippen LogP contribution is -2.04. The molecular formula is C22H18N4O3. The first-order chi connectivity index (χ1) is 14.2. The van der Waals surface area contributed by atoms with Crippen LogP contribution in [0.4, 0.5) is 17.2 Å². The summed E-state index contributed by atoms with van der Waals surface area (Å²) in [5.74, 6) is 0.462. The van der Waals surface area contributed by atoms with E-state index in [-0.39, 0.29) is 17.4 Å². The number of aryl methyl sites for hydroxylation is 1. The number of rotatable bonds is 6. The van der Waals surface area contributed by atoms with Gasteiger partial charge in [0, 0.05) is 11.1 Å². The third kappa shape index (κ3) is 3.70. The van der Waals surface area contributed by atoms with Crippen molar-refractivity contribution in [2.75, 3.05) is 5.32 Å². The number of nitrogens with one attached hydrogen (secondary N) is 1. The van der Waals surface area contributed by atoms with E-state index >= 15 is 0 Å². The van der Waals surface area contributed by atoms with E-state index in [1.807, 2.05) is 67.6 Å². The first-order valence-corrected chi connectivity index (χ1v) is 9.17. The summed E-state index contributed by atoms with van der Waals surface area (Å²) in [7, 11) is 0. The predicted molar refractivity (Wildman–Crippen MR) is 112 cm³/mol. The summed E-state index contributed by atoms with van der Waals surface area (Å²) in [4.78, 5) is 19.4. The van der Waals surface area contributed by atoms with Gasteiger partial charge in [-0.05, 0) is 29.5 Å². The molecule has 0 fully saturated rings. The van der Waals surface area contributed by atoms with Crippen molar-refractivity contribution >= 4 is 28.0 Å². The van der Waals surface area contributed by atoms with Crippen molar-refractivity contribution in [3.63, 3.8) is 0 Å². The lowest BCUT2D eigenvalue weighted by atomic mass is 10.1. The molecule has 1 N–H and O–H groups in total. The molecule has 0 amide bonds. The van der Waals surface area contributed by atoms with E-state index in [1.54, 1.807) is 6.07 Å². The molecule has 1 heterocycles. The minimum Gasteiger partial charge on any atom is -0.433 e. The summed E-state index contributed by atoms with van der Waals surface area (Å²) < 4.78 is 5.89. The fraction of sp³-hybridized carbons (Fsp3) is 0.0909. The molecular weight excluding hydrogens is 368 g/mol. The number of benzene rings is 3. The maximum atomic E-state index is 11.8. The molecule has 0 saturated carbocycles. The van der Waals surface area contributed by atoms with Gasteiger partial charge in [-0.1, -0.05) is 61.5 Å². The quantitative estimate of drug-likeness (QED) is 0.341. The molecule has 4 aromatic rings. The van der Waals surface area contributed by atoms with Crippen LogP contribution in [0.1, 0.15) is 12.5 Å². The average Bonchev–Trinajstić information content (AvgIpc) is 2.74. The van der Waals surface area contributed by atoms with Crippen LogP contribution in [0.5, 0.6) is 11.6 Å². The van der Waals surface area contributed by atoms with Gasteiger partial charge in [0.1, 0.15) is 12.1 Å². The van der Waals surface area contributed by atoms with Gasteiger partial charge in [-0.2, -0.15) is 4.98 Å². The Bertz CT molecular complexity index is 1190. The summed E-state index contributed by atoms with van der Waals surface area (Å²) >= 11 is 0. The molecule has 0 radical (unpaired) electrons. The molecule has 144 valence electrons.